The molecule has 2 rings (SSSR count). The van der Waals surface area contributed by atoms with E-state index in [2.05, 4.69) is 5.32 Å². The van der Waals surface area contributed by atoms with Crippen molar-refractivity contribution in [2.24, 2.45) is 0 Å². The summed E-state index contributed by atoms with van der Waals surface area (Å²) in [5.74, 6) is 0.541. The number of hydrogen-bond donors (Lipinski definition) is 2. The van der Waals surface area contributed by atoms with Crippen LogP contribution in [-0.4, -0.2) is 17.1 Å². The number of nitrogens with one attached hydrogen (secondary N) is 1. The third-order valence-electron chi connectivity index (χ3n) is 2.74. The van der Waals surface area contributed by atoms with E-state index in [9.17, 15) is 4.79 Å². The molecule has 19 heavy (non-hydrogen) atoms. The number of carboxylic acids is 1. The van der Waals surface area contributed by atoms with Crippen LogP contribution < -0.4 is 5.32 Å². The van der Waals surface area contributed by atoms with Gasteiger partial charge in [0, 0.05) is 10.6 Å². The second-order valence-corrected chi connectivity index (χ2v) is 4.65. The standard InChI is InChI=1S/C14H14ClNO3/c1-9(14(17)18)16-8-12-6-7-13(19-12)10-2-4-11(15)5-3-10/h2-7,9,16H,8H2,1H3,(H,17,18)/t9-/m1/s1. The van der Waals surface area contributed by atoms with Crippen molar-refractivity contribution in [2.75, 3.05) is 0 Å². The number of rotatable bonds is 5. The Balaban J connectivity index is 2.03. The minimum atomic E-state index is -0.885. The molecule has 0 spiro atoms. The zero-order valence-electron chi connectivity index (χ0n) is 10.4. The maximum absolute atomic E-state index is 10.7. The molecule has 100 valence electrons. The zero-order valence-corrected chi connectivity index (χ0v) is 11.1. The first-order valence-corrected chi connectivity index (χ1v) is 6.25. The number of carboxylic acid groups (broad SMARTS) is 1. The summed E-state index contributed by atoms with van der Waals surface area (Å²) >= 11 is 5.82. The summed E-state index contributed by atoms with van der Waals surface area (Å²) in [6.07, 6.45) is 0. The molecular formula is C14H14ClNO3. The molecule has 5 heteroatoms. The van der Waals surface area contributed by atoms with Crippen molar-refractivity contribution >= 4 is 17.6 Å². The van der Waals surface area contributed by atoms with Gasteiger partial charge in [0.2, 0.25) is 0 Å². The molecule has 0 aliphatic heterocycles. The van der Waals surface area contributed by atoms with Gasteiger partial charge in [0.15, 0.2) is 0 Å². The Bertz CT molecular complexity index is 562. The predicted molar refractivity (Wildman–Crippen MR) is 73.1 cm³/mol. The van der Waals surface area contributed by atoms with Gasteiger partial charge < -0.3 is 9.52 Å². The number of halogens is 1. The minimum absolute atomic E-state index is 0.376. The van der Waals surface area contributed by atoms with Gasteiger partial charge in [-0.25, -0.2) is 0 Å². The van der Waals surface area contributed by atoms with Crippen molar-refractivity contribution in [3.63, 3.8) is 0 Å². The van der Waals surface area contributed by atoms with Crippen molar-refractivity contribution in [1.82, 2.24) is 5.32 Å². The molecule has 0 fully saturated rings. The van der Waals surface area contributed by atoms with Gasteiger partial charge in [0.25, 0.3) is 0 Å². The van der Waals surface area contributed by atoms with E-state index in [0.717, 1.165) is 11.3 Å². The van der Waals surface area contributed by atoms with Crippen LogP contribution in [0.4, 0.5) is 0 Å². The van der Waals surface area contributed by atoms with Crippen LogP contribution in [0.25, 0.3) is 11.3 Å². The molecule has 0 amide bonds. The molecule has 2 N–H and O–H groups in total. The van der Waals surface area contributed by atoms with Crippen LogP contribution in [0.5, 0.6) is 0 Å². The first-order chi connectivity index (χ1) is 9.06. The van der Waals surface area contributed by atoms with Crippen LogP contribution in [0.3, 0.4) is 0 Å². The lowest BCUT2D eigenvalue weighted by molar-refractivity contribution is -0.139. The van der Waals surface area contributed by atoms with E-state index in [1.165, 1.54) is 0 Å². The first kappa shape index (κ1) is 13.6. The minimum Gasteiger partial charge on any atom is -0.480 e. The van der Waals surface area contributed by atoms with Crippen LogP contribution in [-0.2, 0) is 11.3 Å². The lowest BCUT2D eigenvalue weighted by Crippen LogP contribution is -2.32. The third-order valence-corrected chi connectivity index (χ3v) is 3.00. The molecule has 0 aliphatic carbocycles. The molecule has 1 atom stereocenters. The van der Waals surface area contributed by atoms with E-state index in [1.807, 2.05) is 24.3 Å². The van der Waals surface area contributed by atoms with Crippen LogP contribution in [0.1, 0.15) is 12.7 Å². The van der Waals surface area contributed by atoms with Crippen LogP contribution in [0.15, 0.2) is 40.8 Å². The molecule has 0 radical (unpaired) electrons. The Morgan fingerprint density at radius 3 is 2.63 bits per heavy atom. The first-order valence-electron chi connectivity index (χ1n) is 5.87. The van der Waals surface area contributed by atoms with Gasteiger partial charge in [-0.15, -0.1) is 0 Å². The maximum atomic E-state index is 10.7. The van der Waals surface area contributed by atoms with E-state index in [-0.39, 0.29) is 0 Å². The number of carbonyl (C=O) groups is 1. The number of hydrogen-bond acceptors (Lipinski definition) is 3. The van der Waals surface area contributed by atoms with Crippen LogP contribution >= 0.6 is 11.6 Å². The fraction of sp³-hybridized carbons (Fsp3) is 0.214. The average Bonchev–Trinajstić information content (AvgIpc) is 2.85. The Morgan fingerprint density at radius 1 is 1.32 bits per heavy atom. The maximum Gasteiger partial charge on any atom is 0.320 e. The van der Waals surface area contributed by atoms with Gasteiger partial charge in [0.1, 0.15) is 17.6 Å². The van der Waals surface area contributed by atoms with Gasteiger partial charge in [-0.05, 0) is 43.3 Å². The molecule has 2 aromatic rings. The molecule has 0 bridgehead atoms. The van der Waals surface area contributed by atoms with Gasteiger partial charge in [-0.2, -0.15) is 0 Å². The largest absolute Gasteiger partial charge is 0.480 e. The molecule has 0 aliphatic rings. The van der Waals surface area contributed by atoms with E-state index < -0.39 is 12.0 Å². The van der Waals surface area contributed by atoms with E-state index in [1.54, 1.807) is 19.1 Å². The predicted octanol–water partition coefficient (Wildman–Crippen LogP) is 3.16. The fourth-order valence-corrected chi connectivity index (χ4v) is 1.71. The van der Waals surface area contributed by atoms with Gasteiger partial charge in [0.05, 0.1) is 6.54 Å². The fourth-order valence-electron chi connectivity index (χ4n) is 1.58. The lowest BCUT2D eigenvalue weighted by Gasteiger charge is -2.06. The summed E-state index contributed by atoms with van der Waals surface area (Å²) in [4.78, 5) is 10.7. The van der Waals surface area contributed by atoms with E-state index in [4.69, 9.17) is 21.1 Å². The average molecular weight is 280 g/mol. The van der Waals surface area contributed by atoms with Crippen LogP contribution in [0, 0.1) is 0 Å². The van der Waals surface area contributed by atoms with Crippen molar-refractivity contribution < 1.29 is 14.3 Å². The highest BCUT2D eigenvalue weighted by Crippen LogP contribution is 2.23. The summed E-state index contributed by atoms with van der Waals surface area (Å²) < 4.78 is 5.64. The number of benzene rings is 1. The van der Waals surface area contributed by atoms with Gasteiger partial charge in [-0.3, -0.25) is 10.1 Å². The lowest BCUT2D eigenvalue weighted by atomic mass is 10.2. The van der Waals surface area contributed by atoms with E-state index in [0.29, 0.717) is 17.3 Å². The summed E-state index contributed by atoms with van der Waals surface area (Å²) in [5, 5.41) is 12.3. The van der Waals surface area contributed by atoms with Crippen molar-refractivity contribution in [3.8, 4) is 11.3 Å². The zero-order chi connectivity index (χ0) is 13.8. The highest BCUT2D eigenvalue weighted by molar-refractivity contribution is 6.30. The molecule has 0 unspecified atom stereocenters. The Morgan fingerprint density at radius 2 is 2.00 bits per heavy atom. The molecule has 1 aromatic heterocycles. The molecule has 0 saturated carbocycles. The normalized spacial score (nSPS) is 12.3. The van der Waals surface area contributed by atoms with Crippen molar-refractivity contribution in [3.05, 3.63) is 47.2 Å². The SMILES string of the molecule is C[C@@H](NCc1ccc(-c2ccc(Cl)cc2)o1)C(=O)O. The topological polar surface area (TPSA) is 62.5 Å². The Labute approximate surface area is 116 Å². The molecule has 0 saturated heterocycles. The van der Waals surface area contributed by atoms with Gasteiger partial charge in [-0.1, -0.05) is 11.6 Å². The quantitative estimate of drug-likeness (QED) is 0.882. The Kier molecular flexibility index (Phi) is 4.24. The Hall–Kier alpha value is -1.78. The highest BCUT2D eigenvalue weighted by Gasteiger charge is 2.11. The molecule has 1 aromatic carbocycles. The van der Waals surface area contributed by atoms with Crippen LogP contribution in [0.2, 0.25) is 5.02 Å². The molecular weight excluding hydrogens is 266 g/mol. The summed E-state index contributed by atoms with van der Waals surface area (Å²) in [6.45, 7) is 1.96. The summed E-state index contributed by atoms with van der Waals surface area (Å²) in [7, 11) is 0. The second-order valence-electron chi connectivity index (χ2n) is 4.21. The number of furan rings is 1. The summed E-state index contributed by atoms with van der Waals surface area (Å²) in [5.41, 5.74) is 0.932. The van der Waals surface area contributed by atoms with E-state index >= 15 is 0 Å². The smallest absolute Gasteiger partial charge is 0.320 e. The second kappa shape index (κ2) is 5.91. The highest BCUT2D eigenvalue weighted by atomic mass is 35.5. The molecule has 4 nitrogen and oxygen atoms in total. The van der Waals surface area contributed by atoms with Crippen molar-refractivity contribution in [2.45, 2.75) is 19.5 Å². The monoisotopic (exact) mass is 279 g/mol. The van der Waals surface area contributed by atoms with Crippen molar-refractivity contribution in [1.29, 1.82) is 0 Å². The molecule has 1 heterocycles. The summed E-state index contributed by atoms with van der Waals surface area (Å²) in [6, 6.07) is 10.4. The number of aliphatic carboxylic acids is 1. The van der Waals surface area contributed by atoms with Gasteiger partial charge >= 0.3 is 5.97 Å². The third kappa shape index (κ3) is 3.59.